The van der Waals surface area contributed by atoms with Crippen LogP contribution in [0.25, 0.3) is 0 Å². The molecule has 2 nitrogen and oxygen atoms in total. The van der Waals surface area contributed by atoms with Crippen LogP contribution in [0, 0.1) is 17.3 Å². The molecule has 1 N–H and O–H groups in total. The van der Waals surface area contributed by atoms with E-state index in [0.717, 1.165) is 25.0 Å². The number of aliphatic hydroxyl groups excluding tert-OH is 1. The molecule has 0 aromatic heterocycles. The second kappa shape index (κ2) is 4.19. The van der Waals surface area contributed by atoms with Gasteiger partial charge in [0.2, 0.25) is 0 Å². The lowest BCUT2D eigenvalue weighted by Gasteiger charge is -2.48. The summed E-state index contributed by atoms with van der Waals surface area (Å²) >= 11 is 0. The van der Waals surface area contributed by atoms with Crippen LogP contribution in [0.1, 0.15) is 39.0 Å². The summed E-state index contributed by atoms with van der Waals surface area (Å²) in [7, 11) is 0. The Kier molecular flexibility index (Phi) is 3.13. The third-order valence-corrected chi connectivity index (χ3v) is 4.38. The van der Waals surface area contributed by atoms with Gasteiger partial charge in [0.25, 0.3) is 0 Å². The molecule has 1 saturated heterocycles. The van der Waals surface area contributed by atoms with Gasteiger partial charge >= 0.3 is 0 Å². The summed E-state index contributed by atoms with van der Waals surface area (Å²) in [4.78, 5) is 0. The quantitative estimate of drug-likeness (QED) is 0.753. The number of rotatable bonds is 3. The van der Waals surface area contributed by atoms with Crippen LogP contribution in [0.15, 0.2) is 0 Å². The molecule has 2 rings (SSSR count). The van der Waals surface area contributed by atoms with E-state index in [9.17, 15) is 5.11 Å². The van der Waals surface area contributed by atoms with Gasteiger partial charge in [0.1, 0.15) is 0 Å². The first kappa shape index (κ1) is 10.4. The van der Waals surface area contributed by atoms with Gasteiger partial charge < -0.3 is 9.84 Å². The van der Waals surface area contributed by atoms with Crippen molar-refractivity contribution in [2.24, 2.45) is 17.3 Å². The molecule has 1 heterocycles. The van der Waals surface area contributed by atoms with E-state index in [0.29, 0.717) is 6.61 Å². The largest absolute Gasteiger partial charge is 0.396 e. The maximum atomic E-state index is 9.43. The van der Waals surface area contributed by atoms with E-state index in [2.05, 4.69) is 6.92 Å². The molecular formula is C12H22O2. The van der Waals surface area contributed by atoms with Crippen molar-refractivity contribution in [1.82, 2.24) is 0 Å². The van der Waals surface area contributed by atoms with Gasteiger partial charge in [-0.05, 0) is 24.7 Å². The first-order valence-corrected chi connectivity index (χ1v) is 5.99. The predicted molar refractivity (Wildman–Crippen MR) is 56.1 cm³/mol. The minimum atomic E-state index is 0.151. The Labute approximate surface area is 86.6 Å². The van der Waals surface area contributed by atoms with Crippen molar-refractivity contribution >= 4 is 0 Å². The molecule has 0 aromatic rings. The molecule has 1 aliphatic carbocycles. The molecule has 0 atom stereocenters. The summed E-state index contributed by atoms with van der Waals surface area (Å²) in [5.41, 5.74) is 0.151. The minimum Gasteiger partial charge on any atom is -0.396 e. The summed E-state index contributed by atoms with van der Waals surface area (Å²) in [6.07, 6.45) is 6.67. The molecule has 0 aromatic carbocycles. The number of ether oxygens (including phenoxy) is 1. The fraction of sp³-hybridized carbons (Fsp3) is 1.00. The molecule has 82 valence electrons. The molecule has 2 aliphatic rings. The van der Waals surface area contributed by atoms with Gasteiger partial charge in [0.15, 0.2) is 0 Å². The topological polar surface area (TPSA) is 29.5 Å². The Morgan fingerprint density at radius 1 is 1.21 bits per heavy atom. The second-order valence-electron chi connectivity index (χ2n) is 5.14. The summed E-state index contributed by atoms with van der Waals surface area (Å²) < 4.78 is 5.28. The highest BCUT2D eigenvalue weighted by atomic mass is 16.5. The average Bonchev–Trinajstić information content (AvgIpc) is 2.18. The van der Waals surface area contributed by atoms with E-state index in [1.807, 2.05) is 0 Å². The van der Waals surface area contributed by atoms with Crippen LogP contribution in [0.4, 0.5) is 0 Å². The number of hydrogen-bond donors (Lipinski definition) is 1. The van der Waals surface area contributed by atoms with Gasteiger partial charge in [-0.2, -0.15) is 0 Å². The summed E-state index contributed by atoms with van der Waals surface area (Å²) in [5, 5.41) is 9.43. The van der Waals surface area contributed by atoms with Gasteiger partial charge in [-0.3, -0.25) is 0 Å². The zero-order chi connectivity index (χ0) is 10.0. The van der Waals surface area contributed by atoms with Crippen molar-refractivity contribution in [3.8, 4) is 0 Å². The predicted octanol–water partition coefficient (Wildman–Crippen LogP) is 2.21. The lowest BCUT2D eigenvalue weighted by Crippen LogP contribution is -2.52. The van der Waals surface area contributed by atoms with Crippen LogP contribution in [-0.2, 0) is 4.74 Å². The maximum Gasteiger partial charge on any atom is 0.0569 e. The van der Waals surface area contributed by atoms with E-state index in [1.165, 1.54) is 32.1 Å². The highest BCUT2D eigenvalue weighted by Gasteiger charge is 2.45. The van der Waals surface area contributed by atoms with E-state index < -0.39 is 0 Å². The van der Waals surface area contributed by atoms with Gasteiger partial charge in [-0.1, -0.05) is 26.2 Å². The second-order valence-corrected chi connectivity index (χ2v) is 5.14. The van der Waals surface area contributed by atoms with E-state index in [-0.39, 0.29) is 5.41 Å². The van der Waals surface area contributed by atoms with Gasteiger partial charge in [-0.15, -0.1) is 0 Å². The first-order chi connectivity index (χ1) is 6.80. The highest BCUT2D eigenvalue weighted by molar-refractivity contribution is 4.93. The first-order valence-electron chi connectivity index (χ1n) is 5.99. The van der Waals surface area contributed by atoms with E-state index >= 15 is 0 Å². The minimum absolute atomic E-state index is 0.151. The van der Waals surface area contributed by atoms with Crippen molar-refractivity contribution in [3.05, 3.63) is 0 Å². The third-order valence-electron chi connectivity index (χ3n) is 4.38. The van der Waals surface area contributed by atoms with Crippen molar-refractivity contribution in [1.29, 1.82) is 0 Å². The van der Waals surface area contributed by atoms with Crippen LogP contribution in [-0.4, -0.2) is 24.9 Å². The fourth-order valence-corrected chi connectivity index (χ4v) is 3.00. The summed E-state index contributed by atoms with van der Waals surface area (Å²) in [6, 6.07) is 0. The Balaban J connectivity index is 1.88. The number of aliphatic hydroxyl groups is 1. The molecule has 2 fully saturated rings. The molecule has 0 spiro atoms. The maximum absolute atomic E-state index is 9.43. The molecule has 0 amide bonds. The molecule has 0 unspecified atom stereocenters. The van der Waals surface area contributed by atoms with Crippen molar-refractivity contribution in [2.45, 2.75) is 39.0 Å². The van der Waals surface area contributed by atoms with Crippen molar-refractivity contribution < 1.29 is 9.84 Å². The van der Waals surface area contributed by atoms with Crippen molar-refractivity contribution in [3.63, 3.8) is 0 Å². The highest BCUT2D eigenvalue weighted by Crippen LogP contribution is 2.45. The van der Waals surface area contributed by atoms with Crippen LogP contribution >= 0.6 is 0 Å². The standard InChI is InChI=1S/C12H22O2/c1-2-10-3-5-11(6-4-10)12(7-13)8-14-9-12/h10-11,13H,2-9H2,1H3. The fourth-order valence-electron chi connectivity index (χ4n) is 3.00. The monoisotopic (exact) mass is 198 g/mol. The van der Waals surface area contributed by atoms with Crippen LogP contribution < -0.4 is 0 Å². The Morgan fingerprint density at radius 3 is 2.21 bits per heavy atom. The van der Waals surface area contributed by atoms with E-state index in [4.69, 9.17) is 4.74 Å². The summed E-state index contributed by atoms with van der Waals surface area (Å²) in [6.45, 7) is 4.21. The Morgan fingerprint density at radius 2 is 1.86 bits per heavy atom. The molecule has 1 aliphatic heterocycles. The normalized spacial score (nSPS) is 36.4. The molecule has 0 bridgehead atoms. The van der Waals surface area contributed by atoms with E-state index in [1.54, 1.807) is 0 Å². The Bertz CT molecular complexity index is 173. The lowest BCUT2D eigenvalue weighted by molar-refractivity contribution is -0.175. The van der Waals surface area contributed by atoms with Gasteiger partial charge in [-0.25, -0.2) is 0 Å². The zero-order valence-corrected chi connectivity index (χ0v) is 9.17. The zero-order valence-electron chi connectivity index (χ0n) is 9.17. The molecule has 14 heavy (non-hydrogen) atoms. The average molecular weight is 198 g/mol. The molecule has 1 saturated carbocycles. The van der Waals surface area contributed by atoms with Gasteiger partial charge in [0, 0.05) is 5.41 Å². The third kappa shape index (κ3) is 1.70. The Hall–Kier alpha value is -0.0800. The van der Waals surface area contributed by atoms with Gasteiger partial charge in [0.05, 0.1) is 19.8 Å². The number of hydrogen-bond acceptors (Lipinski definition) is 2. The molecular weight excluding hydrogens is 176 g/mol. The summed E-state index contributed by atoms with van der Waals surface area (Å²) in [5.74, 6) is 1.67. The van der Waals surface area contributed by atoms with Crippen LogP contribution in [0.3, 0.4) is 0 Å². The molecule has 0 radical (unpaired) electrons. The smallest absolute Gasteiger partial charge is 0.0569 e. The van der Waals surface area contributed by atoms with Crippen molar-refractivity contribution in [2.75, 3.05) is 19.8 Å². The molecule has 2 heteroatoms. The van der Waals surface area contributed by atoms with Crippen LogP contribution in [0.5, 0.6) is 0 Å². The lowest BCUT2D eigenvalue weighted by atomic mass is 9.66. The SMILES string of the molecule is CCC1CCC(C2(CO)COC2)CC1. The van der Waals surface area contributed by atoms with Crippen LogP contribution in [0.2, 0.25) is 0 Å².